The molecular weight excluding hydrogens is 374 g/mol. The zero-order valence-electron chi connectivity index (χ0n) is 16.8. The fourth-order valence-corrected chi connectivity index (χ4v) is 3.96. The maximum Gasteiger partial charge on any atom is 0.251 e. The molecule has 0 aliphatic carbocycles. The smallest absolute Gasteiger partial charge is 0.251 e. The summed E-state index contributed by atoms with van der Waals surface area (Å²) in [6, 6.07) is 7.59. The van der Waals surface area contributed by atoms with Crippen molar-refractivity contribution in [3.05, 3.63) is 42.2 Å². The van der Waals surface area contributed by atoms with Gasteiger partial charge in [-0.1, -0.05) is 25.6 Å². The van der Waals surface area contributed by atoms with Crippen LogP contribution in [0.4, 0.5) is 0 Å². The van der Waals surface area contributed by atoms with E-state index in [9.17, 15) is 4.79 Å². The lowest BCUT2D eigenvalue weighted by Gasteiger charge is -2.33. The van der Waals surface area contributed by atoms with Gasteiger partial charge in [0.05, 0.1) is 13.2 Å². The lowest BCUT2D eigenvalue weighted by molar-refractivity contribution is -0.131. The van der Waals surface area contributed by atoms with Crippen LogP contribution in [0.25, 0.3) is 5.69 Å². The summed E-state index contributed by atoms with van der Waals surface area (Å²) in [5, 5.41) is 3.94. The van der Waals surface area contributed by atoms with Gasteiger partial charge >= 0.3 is 0 Å². The van der Waals surface area contributed by atoms with Gasteiger partial charge in [-0.25, -0.2) is 4.98 Å². The van der Waals surface area contributed by atoms with Crippen molar-refractivity contribution in [2.45, 2.75) is 44.6 Å². The Morgan fingerprint density at radius 2 is 2.04 bits per heavy atom. The third-order valence-electron chi connectivity index (χ3n) is 5.41. The molecule has 1 aliphatic heterocycles. The van der Waals surface area contributed by atoms with Gasteiger partial charge < -0.3 is 14.8 Å². The highest BCUT2D eigenvalue weighted by atomic mass is 32.2. The average molecular weight is 404 g/mol. The van der Waals surface area contributed by atoms with Crippen molar-refractivity contribution >= 4 is 17.7 Å². The molecule has 0 bridgehead atoms. The summed E-state index contributed by atoms with van der Waals surface area (Å²) < 4.78 is 13.4. The topological polar surface area (TPSA) is 65.4 Å². The van der Waals surface area contributed by atoms with Crippen LogP contribution >= 0.6 is 11.8 Å². The van der Waals surface area contributed by atoms with E-state index in [1.165, 1.54) is 0 Å². The number of nitrogens with one attached hydrogen (secondary N) is 1. The van der Waals surface area contributed by atoms with E-state index in [1.807, 2.05) is 41.3 Å². The Labute approximate surface area is 171 Å². The number of aromatic nitrogens is 2. The summed E-state index contributed by atoms with van der Waals surface area (Å²) >= 11 is 1.59. The van der Waals surface area contributed by atoms with Crippen LogP contribution in [0.1, 0.15) is 43.5 Å². The van der Waals surface area contributed by atoms with Gasteiger partial charge in [0.25, 0.3) is 5.91 Å². The van der Waals surface area contributed by atoms with Crippen LogP contribution in [0, 0.1) is 5.41 Å². The number of ether oxygens (including phenoxy) is 2. The van der Waals surface area contributed by atoms with Crippen LogP contribution in [-0.2, 0) is 9.47 Å². The second kappa shape index (κ2) is 9.58. The maximum atomic E-state index is 12.4. The first kappa shape index (κ1) is 20.9. The normalized spacial score (nSPS) is 16.8. The molecule has 1 N–H and O–H groups in total. The summed E-state index contributed by atoms with van der Waals surface area (Å²) in [7, 11) is 0. The van der Waals surface area contributed by atoms with Crippen molar-refractivity contribution in [3.63, 3.8) is 0 Å². The second-order valence-corrected chi connectivity index (χ2v) is 8.04. The van der Waals surface area contributed by atoms with Gasteiger partial charge in [0.2, 0.25) is 0 Å². The van der Waals surface area contributed by atoms with Crippen molar-refractivity contribution in [3.8, 4) is 5.69 Å². The fraction of sp³-hybridized carbons (Fsp3) is 0.524. The molecule has 28 heavy (non-hydrogen) atoms. The number of hydrogen-bond acceptors (Lipinski definition) is 5. The molecule has 1 amide bonds. The van der Waals surface area contributed by atoms with Crippen molar-refractivity contribution in [2.75, 3.05) is 26.0 Å². The van der Waals surface area contributed by atoms with Gasteiger partial charge in [0, 0.05) is 35.6 Å². The number of imidazole rings is 1. The van der Waals surface area contributed by atoms with E-state index < -0.39 is 0 Å². The van der Waals surface area contributed by atoms with Crippen LogP contribution in [0.5, 0.6) is 0 Å². The first-order chi connectivity index (χ1) is 13.6. The minimum atomic E-state index is -0.130. The van der Waals surface area contributed by atoms with Crippen LogP contribution in [0.2, 0.25) is 0 Å². The molecule has 0 unspecified atom stereocenters. The summed E-state index contributed by atoms with van der Waals surface area (Å²) in [5.41, 5.74) is 1.65. The third-order valence-corrected chi connectivity index (χ3v) is 6.07. The number of thioether (sulfide) groups is 1. The van der Waals surface area contributed by atoms with E-state index in [4.69, 9.17) is 9.47 Å². The molecular formula is C21H29N3O3S. The molecule has 0 spiro atoms. The van der Waals surface area contributed by atoms with E-state index in [0.717, 1.165) is 30.1 Å². The van der Waals surface area contributed by atoms with Gasteiger partial charge in [-0.05, 0) is 49.8 Å². The number of benzene rings is 1. The molecule has 7 heteroatoms. The van der Waals surface area contributed by atoms with Gasteiger partial charge in [0.1, 0.15) is 0 Å². The molecule has 152 valence electrons. The van der Waals surface area contributed by atoms with E-state index in [1.54, 1.807) is 18.0 Å². The molecule has 2 heterocycles. The van der Waals surface area contributed by atoms with E-state index in [0.29, 0.717) is 25.3 Å². The average Bonchev–Trinajstić information content (AvgIpc) is 3.43. The predicted octanol–water partition coefficient (Wildman–Crippen LogP) is 3.89. The lowest BCUT2D eigenvalue weighted by Crippen LogP contribution is -2.34. The molecule has 0 saturated carbocycles. The van der Waals surface area contributed by atoms with Crippen LogP contribution < -0.4 is 5.32 Å². The van der Waals surface area contributed by atoms with Crippen molar-refractivity contribution in [1.29, 1.82) is 0 Å². The number of carbonyl (C=O) groups is 1. The molecule has 6 nitrogen and oxygen atoms in total. The van der Waals surface area contributed by atoms with E-state index in [2.05, 4.69) is 24.1 Å². The molecule has 1 saturated heterocycles. The van der Waals surface area contributed by atoms with Crippen LogP contribution in [-0.4, -0.2) is 47.8 Å². The Morgan fingerprint density at radius 3 is 2.68 bits per heavy atom. The Balaban J connectivity index is 1.49. The van der Waals surface area contributed by atoms with E-state index in [-0.39, 0.29) is 17.6 Å². The maximum absolute atomic E-state index is 12.4. The molecule has 0 radical (unpaired) electrons. The Kier molecular flexibility index (Phi) is 7.15. The molecule has 2 aromatic rings. The molecule has 1 aliphatic rings. The SMILES string of the molecule is CC[C@](C)(CCCNC(=O)c1ccc(-n2ccnc2SC)cc1)C1OCCO1. The summed E-state index contributed by atoms with van der Waals surface area (Å²) in [6.45, 7) is 6.34. The van der Waals surface area contributed by atoms with Crippen molar-refractivity contribution in [2.24, 2.45) is 5.41 Å². The first-order valence-corrected chi connectivity index (χ1v) is 11.0. The number of nitrogens with zero attached hydrogens (tertiary/aromatic N) is 2. The quantitative estimate of drug-likeness (QED) is 0.508. The van der Waals surface area contributed by atoms with E-state index >= 15 is 0 Å². The number of rotatable bonds is 9. The fourth-order valence-electron chi connectivity index (χ4n) is 3.43. The number of hydrogen-bond donors (Lipinski definition) is 1. The minimum absolute atomic E-state index is 0.0112. The largest absolute Gasteiger partial charge is 0.352 e. The Hall–Kier alpha value is -1.83. The molecule has 3 rings (SSSR count). The number of carbonyl (C=O) groups excluding carboxylic acids is 1. The minimum Gasteiger partial charge on any atom is -0.352 e. The zero-order chi connectivity index (χ0) is 20.0. The highest BCUT2D eigenvalue weighted by Crippen LogP contribution is 2.35. The van der Waals surface area contributed by atoms with Gasteiger partial charge in [-0.2, -0.15) is 0 Å². The summed E-state index contributed by atoms with van der Waals surface area (Å²) in [6.07, 6.45) is 8.39. The van der Waals surface area contributed by atoms with Crippen LogP contribution in [0.15, 0.2) is 41.8 Å². The Bertz CT molecular complexity index is 771. The molecule has 1 aromatic carbocycles. The highest BCUT2D eigenvalue weighted by molar-refractivity contribution is 7.98. The Morgan fingerprint density at radius 1 is 1.32 bits per heavy atom. The lowest BCUT2D eigenvalue weighted by atomic mass is 9.82. The highest BCUT2D eigenvalue weighted by Gasteiger charge is 2.36. The second-order valence-electron chi connectivity index (χ2n) is 7.27. The predicted molar refractivity (Wildman–Crippen MR) is 111 cm³/mol. The summed E-state index contributed by atoms with van der Waals surface area (Å²) in [4.78, 5) is 16.7. The monoisotopic (exact) mass is 403 g/mol. The first-order valence-electron chi connectivity index (χ1n) is 9.76. The van der Waals surface area contributed by atoms with Gasteiger partial charge in [-0.15, -0.1) is 0 Å². The molecule has 1 fully saturated rings. The third kappa shape index (κ3) is 4.77. The molecule has 1 atom stereocenters. The van der Waals surface area contributed by atoms with Crippen molar-refractivity contribution in [1.82, 2.24) is 14.9 Å². The van der Waals surface area contributed by atoms with Crippen molar-refractivity contribution < 1.29 is 14.3 Å². The van der Waals surface area contributed by atoms with Gasteiger partial charge in [-0.3, -0.25) is 9.36 Å². The van der Waals surface area contributed by atoms with Gasteiger partial charge in [0.15, 0.2) is 11.4 Å². The zero-order valence-corrected chi connectivity index (χ0v) is 17.6. The standard InChI is InChI=1S/C21H29N3O3S/c1-4-21(2,19-26-14-15-27-19)10-5-11-22-18(25)16-6-8-17(9-7-16)24-13-12-23-20(24)28-3/h6-9,12-13,19H,4-5,10-11,14-15H2,1-3H3,(H,22,25)/t21-/m1/s1. The summed E-state index contributed by atoms with van der Waals surface area (Å²) in [5.74, 6) is -0.0474. The van der Waals surface area contributed by atoms with Crippen LogP contribution in [0.3, 0.4) is 0 Å². The number of amides is 1. The molecule has 1 aromatic heterocycles.